The zero-order valence-corrected chi connectivity index (χ0v) is 21.7. The van der Waals surface area contributed by atoms with Gasteiger partial charge >= 0.3 is 11.9 Å². The molecule has 36 heavy (non-hydrogen) atoms. The molecule has 2 aromatic rings. The fourth-order valence-corrected chi connectivity index (χ4v) is 3.55. The van der Waals surface area contributed by atoms with Gasteiger partial charge in [-0.25, -0.2) is 9.59 Å². The molecule has 0 saturated carbocycles. The molecule has 0 fully saturated rings. The first kappa shape index (κ1) is 28.5. The molecule has 2 aromatic carbocycles. The van der Waals surface area contributed by atoms with Crippen molar-refractivity contribution in [3.05, 3.63) is 71.8 Å². The molecule has 0 radical (unpaired) electrons. The molecule has 2 rings (SSSR count). The Kier molecular flexibility index (Phi) is 12.1. The average molecular weight is 497 g/mol. The van der Waals surface area contributed by atoms with Crippen LogP contribution in [0.2, 0.25) is 0 Å². The Bertz CT molecular complexity index is 1040. The first-order chi connectivity index (χ1) is 17.4. The summed E-state index contributed by atoms with van der Waals surface area (Å²) in [5, 5.41) is 0. The third kappa shape index (κ3) is 8.80. The van der Waals surface area contributed by atoms with Crippen LogP contribution in [0.15, 0.2) is 60.7 Å². The van der Waals surface area contributed by atoms with Crippen LogP contribution in [0.25, 0.3) is 0 Å². The number of allylic oxidation sites excluding steroid dienone is 2. The molecule has 0 aliphatic heterocycles. The summed E-state index contributed by atoms with van der Waals surface area (Å²) in [4.78, 5) is 23.4. The maximum atomic E-state index is 12.0. The Labute approximate surface area is 213 Å². The van der Waals surface area contributed by atoms with E-state index >= 15 is 0 Å². The smallest absolute Gasteiger partial charge is 0.335 e. The van der Waals surface area contributed by atoms with Crippen molar-refractivity contribution in [1.29, 1.82) is 0 Å². The molecule has 0 saturated heterocycles. The standard InChI is InChI=1S/C29H36O7/c1-6-10-26(30)35-19-18-34-23-14-12-22(13-15-23)20-21(5)24-16-17-25(36-27(31)11-7-2)29(33-9-4)28(24)32-8-3/h6-7,10-17,21H,8-9,18-20H2,1-5H3. The van der Waals surface area contributed by atoms with E-state index in [2.05, 4.69) is 6.92 Å². The zero-order valence-electron chi connectivity index (χ0n) is 21.7. The van der Waals surface area contributed by atoms with E-state index in [0.29, 0.717) is 36.2 Å². The molecule has 0 bridgehead atoms. The van der Waals surface area contributed by atoms with Gasteiger partial charge in [-0.3, -0.25) is 0 Å². The molecular weight excluding hydrogens is 460 g/mol. The lowest BCUT2D eigenvalue weighted by Crippen LogP contribution is -2.10. The zero-order chi connectivity index (χ0) is 26.3. The van der Waals surface area contributed by atoms with Crippen molar-refractivity contribution in [2.75, 3.05) is 26.4 Å². The number of ether oxygens (including phenoxy) is 5. The van der Waals surface area contributed by atoms with Crippen LogP contribution in [0.4, 0.5) is 0 Å². The van der Waals surface area contributed by atoms with E-state index < -0.39 is 5.97 Å². The fraction of sp³-hybridized carbons (Fsp3) is 0.379. The molecule has 0 N–H and O–H groups in total. The van der Waals surface area contributed by atoms with E-state index in [4.69, 9.17) is 23.7 Å². The predicted molar refractivity (Wildman–Crippen MR) is 139 cm³/mol. The molecule has 0 aliphatic carbocycles. The summed E-state index contributed by atoms with van der Waals surface area (Å²) in [5.41, 5.74) is 2.09. The van der Waals surface area contributed by atoms with Gasteiger partial charge < -0.3 is 23.7 Å². The monoisotopic (exact) mass is 496 g/mol. The van der Waals surface area contributed by atoms with E-state index in [1.807, 2.05) is 44.2 Å². The number of hydrogen-bond donors (Lipinski definition) is 0. The Morgan fingerprint density at radius 2 is 1.44 bits per heavy atom. The summed E-state index contributed by atoms with van der Waals surface area (Å²) in [6.07, 6.45) is 6.74. The van der Waals surface area contributed by atoms with Crippen LogP contribution in [0.1, 0.15) is 51.7 Å². The second-order valence-electron chi connectivity index (χ2n) is 7.86. The van der Waals surface area contributed by atoms with Crippen LogP contribution in [0.5, 0.6) is 23.0 Å². The lowest BCUT2D eigenvalue weighted by molar-refractivity contribution is -0.138. The van der Waals surface area contributed by atoms with Crippen molar-refractivity contribution >= 4 is 11.9 Å². The Balaban J connectivity index is 2.12. The SMILES string of the molecule is CC=CC(=O)OCCOc1ccc(CC(C)c2ccc(OC(=O)C=CC)c(OCC)c2OCC)cc1. The quantitative estimate of drug-likeness (QED) is 0.141. The highest BCUT2D eigenvalue weighted by atomic mass is 16.6. The number of hydrogen-bond acceptors (Lipinski definition) is 7. The van der Waals surface area contributed by atoms with Gasteiger partial charge in [0, 0.05) is 17.7 Å². The summed E-state index contributed by atoms with van der Waals surface area (Å²) in [7, 11) is 0. The van der Waals surface area contributed by atoms with Gasteiger partial charge in [0.25, 0.3) is 0 Å². The molecular formula is C29H36O7. The minimum Gasteiger partial charge on any atom is -0.490 e. The molecule has 0 heterocycles. The molecule has 0 spiro atoms. The summed E-state index contributed by atoms with van der Waals surface area (Å²) >= 11 is 0. The minimum absolute atomic E-state index is 0.101. The molecule has 0 amide bonds. The number of rotatable bonds is 14. The minimum atomic E-state index is -0.472. The Hall–Kier alpha value is -3.74. The Morgan fingerprint density at radius 3 is 2.08 bits per heavy atom. The average Bonchev–Trinajstić information content (AvgIpc) is 2.85. The Morgan fingerprint density at radius 1 is 0.806 bits per heavy atom. The number of carbonyl (C=O) groups is 2. The topological polar surface area (TPSA) is 80.3 Å². The summed E-state index contributed by atoms with van der Waals surface area (Å²) in [6, 6.07) is 11.5. The highest BCUT2D eigenvalue weighted by molar-refractivity contribution is 5.84. The van der Waals surface area contributed by atoms with Gasteiger partial charge in [0.1, 0.15) is 19.0 Å². The van der Waals surface area contributed by atoms with E-state index in [1.54, 1.807) is 32.1 Å². The van der Waals surface area contributed by atoms with Gasteiger partial charge in [-0.05, 0) is 63.8 Å². The van der Waals surface area contributed by atoms with E-state index in [1.165, 1.54) is 12.2 Å². The van der Waals surface area contributed by atoms with Crippen molar-refractivity contribution in [2.45, 2.75) is 47.0 Å². The third-order valence-electron chi connectivity index (χ3n) is 5.09. The van der Waals surface area contributed by atoms with Crippen molar-refractivity contribution in [1.82, 2.24) is 0 Å². The molecule has 194 valence electrons. The fourth-order valence-electron chi connectivity index (χ4n) is 3.55. The van der Waals surface area contributed by atoms with E-state index in [-0.39, 0.29) is 25.1 Å². The second kappa shape index (κ2) is 15.3. The maximum Gasteiger partial charge on any atom is 0.335 e. The summed E-state index contributed by atoms with van der Waals surface area (Å²) in [5.74, 6) is 1.30. The molecule has 0 aliphatic rings. The number of esters is 2. The van der Waals surface area contributed by atoms with Gasteiger partial charge in [0.15, 0.2) is 11.5 Å². The van der Waals surface area contributed by atoms with Gasteiger partial charge in [-0.1, -0.05) is 37.3 Å². The van der Waals surface area contributed by atoms with Gasteiger partial charge in [0.05, 0.1) is 13.2 Å². The largest absolute Gasteiger partial charge is 0.490 e. The molecule has 7 heteroatoms. The molecule has 1 atom stereocenters. The lowest BCUT2D eigenvalue weighted by atomic mass is 9.92. The van der Waals surface area contributed by atoms with Crippen molar-refractivity contribution in [3.8, 4) is 23.0 Å². The van der Waals surface area contributed by atoms with Crippen molar-refractivity contribution < 1.29 is 33.3 Å². The van der Waals surface area contributed by atoms with Crippen LogP contribution in [0.3, 0.4) is 0 Å². The molecule has 1 unspecified atom stereocenters. The van der Waals surface area contributed by atoms with Crippen LogP contribution in [-0.2, 0) is 20.7 Å². The van der Waals surface area contributed by atoms with E-state index in [9.17, 15) is 9.59 Å². The van der Waals surface area contributed by atoms with E-state index in [0.717, 1.165) is 17.5 Å². The van der Waals surface area contributed by atoms with Gasteiger partial charge in [-0.15, -0.1) is 0 Å². The van der Waals surface area contributed by atoms with Crippen molar-refractivity contribution in [2.24, 2.45) is 0 Å². The molecule has 7 nitrogen and oxygen atoms in total. The third-order valence-corrected chi connectivity index (χ3v) is 5.09. The highest BCUT2D eigenvalue weighted by Crippen LogP contribution is 2.44. The van der Waals surface area contributed by atoms with Gasteiger partial charge in [0.2, 0.25) is 5.75 Å². The highest BCUT2D eigenvalue weighted by Gasteiger charge is 2.22. The summed E-state index contributed by atoms with van der Waals surface area (Å²) in [6.45, 7) is 10.7. The van der Waals surface area contributed by atoms with Crippen LogP contribution in [-0.4, -0.2) is 38.4 Å². The molecule has 0 aromatic heterocycles. The second-order valence-corrected chi connectivity index (χ2v) is 7.86. The normalized spacial score (nSPS) is 11.9. The number of carbonyl (C=O) groups excluding carboxylic acids is 2. The number of benzene rings is 2. The van der Waals surface area contributed by atoms with Crippen LogP contribution >= 0.6 is 0 Å². The van der Waals surface area contributed by atoms with Crippen LogP contribution < -0.4 is 18.9 Å². The summed E-state index contributed by atoms with van der Waals surface area (Å²) < 4.78 is 28.0. The van der Waals surface area contributed by atoms with Crippen LogP contribution in [0, 0.1) is 0 Å². The first-order valence-electron chi connectivity index (χ1n) is 12.2. The van der Waals surface area contributed by atoms with Gasteiger partial charge in [-0.2, -0.15) is 0 Å². The predicted octanol–water partition coefficient (Wildman–Crippen LogP) is 5.81. The lowest BCUT2D eigenvalue weighted by Gasteiger charge is -2.21. The van der Waals surface area contributed by atoms with Crippen molar-refractivity contribution in [3.63, 3.8) is 0 Å². The first-order valence-corrected chi connectivity index (χ1v) is 12.2. The maximum absolute atomic E-state index is 12.0.